The number of hydrogen-bond acceptors (Lipinski definition) is 1. The lowest BCUT2D eigenvalue weighted by atomic mass is 10.4. The van der Waals surface area contributed by atoms with Gasteiger partial charge in [-0.15, -0.1) is 0 Å². The minimum atomic E-state index is -1.01. The summed E-state index contributed by atoms with van der Waals surface area (Å²) < 4.78 is 0. The fourth-order valence-electron chi connectivity index (χ4n) is 0.352. The molecule has 12 heavy (non-hydrogen) atoms. The minimum absolute atomic E-state index is 0.963. The van der Waals surface area contributed by atoms with Crippen LogP contribution in [0.3, 0.4) is 0 Å². The van der Waals surface area contributed by atoms with E-state index in [2.05, 4.69) is 23.7 Å². The van der Waals surface area contributed by atoms with Gasteiger partial charge in [-0.1, -0.05) is 17.9 Å². The lowest BCUT2D eigenvalue weighted by Gasteiger charge is -1.69. The Morgan fingerprint density at radius 1 is 1.25 bits per heavy atom. The van der Waals surface area contributed by atoms with Gasteiger partial charge in [-0.3, -0.25) is 0 Å². The van der Waals surface area contributed by atoms with Crippen LogP contribution in [0.4, 0.5) is 0 Å². The fraction of sp³-hybridized carbons (Fsp3) is 0.100. The maximum atomic E-state index is 9.93. The third-order valence-corrected chi connectivity index (χ3v) is 0.766. The second-order valence-electron chi connectivity index (χ2n) is 1.71. The van der Waals surface area contributed by atoms with Crippen molar-refractivity contribution in [1.29, 1.82) is 0 Å². The molecule has 0 saturated heterocycles. The van der Waals surface area contributed by atoms with Crippen LogP contribution < -0.4 is 0 Å². The number of carboxylic acids is 1. The molecule has 0 aliphatic heterocycles. The summed E-state index contributed by atoms with van der Waals surface area (Å²) in [6.45, 7) is 1.85. The van der Waals surface area contributed by atoms with Crippen LogP contribution >= 0.6 is 0 Å². The lowest BCUT2D eigenvalue weighted by molar-refractivity contribution is -0.131. The molecule has 0 fully saturated rings. The van der Waals surface area contributed by atoms with Crippen molar-refractivity contribution >= 4 is 5.97 Å². The van der Waals surface area contributed by atoms with Gasteiger partial charge in [0.15, 0.2) is 0 Å². The van der Waals surface area contributed by atoms with Crippen molar-refractivity contribution in [2.75, 3.05) is 0 Å². The van der Waals surface area contributed by atoms with Gasteiger partial charge in [-0.05, 0) is 30.9 Å². The molecule has 0 aromatic rings. The van der Waals surface area contributed by atoms with Crippen molar-refractivity contribution in [2.45, 2.75) is 6.92 Å². The average molecular weight is 160 g/mol. The van der Waals surface area contributed by atoms with Gasteiger partial charge in [0, 0.05) is 6.08 Å². The Hall–Kier alpha value is -1.93. The molecule has 0 unspecified atom stereocenters. The summed E-state index contributed by atoms with van der Waals surface area (Å²) in [4.78, 5) is 9.93. The van der Waals surface area contributed by atoms with Crippen LogP contribution in [0, 0.1) is 23.7 Å². The van der Waals surface area contributed by atoms with Crippen LogP contribution in [-0.2, 0) is 4.79 Å². The zero-order valence-corrected chi connectivity index (χ0v) is 6.66. The van der Waals surface area contributed by atoms with Crippen LogP contribution in [0.15, 0.2) is 24.3 Å². The third kappa shape index (κ3) is 8.07. The highest BCUT2D eigenvalue weighted by molar-refractivity contribution is 5.80. The van der Waals surface area contributed by atoms with E-state index in [1.807, 2.05) is 6.92 Å². The van der Waals surface area contributed by atoms with E-state index in [0.717, 1.165) is 6.08 Å². The molecule has 2 heteroatoms. The van der Waals surface area contributed by atoms with E-state index in [9.17, 15) is 4.79 Å². The Bertz CT molecular complexity index is 313. The predicted molar refractivity (Wildman–Crippen MR) is 47.1 cm³/mol. The Morgan fingerprint density at radius 2 is 1.83 bits per heavy atom. The van der Waals surface area contributed by atoms with Gasteiger partial charge in [0.2, 0.25) is 0 Å². The number of allylic oxidation sites excluding steroid dienone is 3. The molecule has 0 aromatic heterocycles. The molecule has 0 rings (SSSR count). The fourth-order valence-corrected chi connectivity index (χ4v) is 0.352. The molecular formula is C10H8O2. The van der Waals surface area contributed by atoms with E-state index in [1.165, 1.54) is 6.08 Å². The molecule has 0 aliphatic rings. The summed E-state index contributed by atoms with van der Waals surface area (Å²) in [5.41, 5.74) is 0. The normalized spacial score (nSPS) is 8.75. The Balaban J connectivity index is 3.93. The van der Waals surface area contributed by atoms with E-state index in [4.69, 9.17) is 5.11 Å². The van der Waals surface area contributed by atoms with Crippen molar-refractivity contribution in [2.24, 2.45) is 0 Å². The quantitative estimate of drug-likeness (QED) is 0.462. The summed E-state index contributed by atoms with van der Waals surface area (Å²) in [6.07, 6.45) is 5.66. The maximum Gasteiger partial charge on any atom is 0.328 e. The molecule has 0 saturated carbocycles. The van der Waals surface area contributed by atoms with E-state index in [1.54, 1.807) is 12.2 Å². The Labute approximate surface area is 71.6 Å². The van der Waals surface area contributed by atoms with Gasteiger partial charge >= 0.3 is 5.97 Å². The van der Waals surface area contributed by atoms with Crippen molar-refractivity contribution in [3.8, 4) is 23.7 Å². The largest absolute Gasteiger partial charge is 0.478 e. The summed E-state index contributed by atoms with van der Waals surface area (Å²) in [7, 11) is 0. The molecule has 0 amide bonds. The molecule has 0 spiro atoms. The van der Waals surface area contributed by atoms with E-state index >= 15 is 0 Å². The molecule has 0 aliphatic carbocycles. The number of hydrogen-bond donors (Lipinski definition) is 1. The van der Waals surface area contributed by atoms with Crippen molar-refractivity contribution in [3.63, 3.8) is 0 Å². The Morgan fingerprint density at radius 3 is 2.33 bits per heavy atom. The number of carbonyl (C=O) groups is 1. The van der Waals surface area contributed by atoms with Gasteiger partial charge in [0.05, 0.1) is 0 Å². The zero-order chi connectivity index (χ0) is 9.23. The summed E-state index contributed by atoms with van der Waals surface area (Å²) in [6, 6.07) is 0. The highest BCUT2D eigenvalue weighted by Gasteiger charge is 1.78. The molecule has 0 heterocycles. The van der Waals surface area contributed by atoms with Crippen LogP contribution in [-0.4, -0.2) is 11.1 Å². The summed E-state index contributed by atoms with van der Waals surface area (Å²) in [5, 5.41) is 8.15. The SMILES string of the molecule is C/C=C\C#CC#C/C=C\C(=O)O. The van der Waals surface area contributed by atoms with Gasteiger partial charge in [0.25, 0.3) is 0 Å². The second kappa shape index (κ2) is 7.18. The van der Waals surface area contributed by atoms with Gasteiger partial charge in [-0.2, -0.15) is 0 Å². The molecule has 0 aromatic carbocycles. The van der Waals surface area contributed by atoms with Gasteiger partial charge in [0.1, 0.15) is 0 Å². The molecular weight excluding hydrogens is 152 g/mol. The van der Waals surface area contributed by atoms with Crippen molar-refractivity contribution < 1.29 is 9.90 Å². The first-order valence-electron chi connectivity index (χ1n) is 3.29. The van der Waals surface area contributed by atoms with Crippen LogP contribution in [0.1, 0.15) is 6.92 Å². The number of aliphatic carboxylic acids is 1. The molecule has 2 nitrogen and oxygen atoms in total. The Kier molecular flexibility index (Phi) is 6.03. The maximum absolute atomic E-state index is 9.93. The van der Waals surface area contributed by atoms with Crippen LogP contribution in [0.2, 0.25) is 0 Å². The van der Waals surface area contributed by atoms with E-state index in [0.29, 0.717) is 0 Å². The summed E-state index contributed by atoms with van der Waals surface area (Å²) >= 11 is 0. The molecule has 60 valence electrons. The molecule has 0 radical (unpaired) electrons. The standard InChI is InChI=1S/C10H8O2/c1-2-3-4-5-6-7-8-9-10(11)12/h2-3,8-9H,1H3,(H,11,12)/b3-2-,9-8-. The topological polar surface area (TPSA) is 37.3 Å². The monoisotopic (exact) mass is 160 g/mol. The first kappa shape index (κ1) is 10.1. The average Bonchev–Trinajstić information content (AvgIpc) is 2.02. The minimum Gasteiger partial charge on any atom is -0.478 e. The highest BCUT2D eigenvalue weighted by atomic mass is 16.4. The molecule has 0 bridgehead atoms. The zero-order valence-electron chi connectivity index (χ0n) is 6.66. The predicted octanol–water partition coefficient (Wildman–Crippen LogP) is 1.21. The first-order chi connectivity index (χ1) is 5.77. The number of rotatable bonds is 1. The van der Waals surface area contributed by atoms with Crippen molar-refractivity contribution in [3.05, 3.63) is 24.3 Å². The van der Waals surface area contributed by atoms with E-state index < -0.39 is 5.97 Å². The highest BCUT2D eigenvalue weighted by Crippen LogP contribution is 1.69. The van der Waals surface area contributed by atoms with Gasteiger partial charge < -0.3 is 5.11 Å². The van der Waals surface area contributed by atoms with Crippen LogP contribution in [0.25, 0.3) is 0 Å². The molecule has 0 atom stereocenters. The lowest BCUT2D eigenvalue weighted by Crippen LogP contribution is -1.84. The second-order valence-corrected chi connectivity index (χ2v) is 1.71. The van der Waals surface area contributed by atoms with Gasteiger partial charge in [-0.25, -0.2) is 4.79 Å². The third-order valence-electron chi connectivity index (χ3n) is 0.766. The van der Waals surface area contributed by atoms with Crippen LogP contribution in [0.5, 0.6) is 0 Å². The summed E-state index contributed by atoms with van der Waals surface area (Å²) in [5.74, 6) is 9.07. The van der Waals surface area contributed by atoms with E-state index in [-0.39, 0.29) is 0 Å². The smallest absolute Gasteiger partial charge is 0.328 e. The molecule has 1 N–H and O–H groups in total. The van der Waals surface area contributed by atoms with Crippen molar-refractivity contribution in [1.82, 2.24) is 0 Å². The number of carboxylic acid groups (broad SMARTS) is 1. The first-order valence-corrected chi connectivity index (χ1v) is 3.29.